The van der Waals surface area contributed by atoms with E-state index in [1.807, 2.05) is 31.2 Å². The molecule has 8 nitrogen and oxygen atoms in total. The number of pyridine rings is 2. The number of rotatable bonds is 6. The van der Waals surface area contributed by atoms with Crippen molar-refractivity contribution in [3.63, 3.8) is 0 Å². The molecule has 1 fully saturated rings. The third kappa shape index (κ3) is 4.75. The number of hydrogen-bond acceptors (Lipinski definition) is 7. The number of hydrogen-bond donors (Lipinski definition) is 2. The largest absolute Gasteiger partial charge is 0.351 e. The van der Waals surface area contributed by atoms with Crippen LogP contribution in [0.25, 0.3) is 0 Å². The average molecular weight is 480 g/mol. The van der Waals surface area contributed by atoms with Gasteiger partial charge in [-0.1, -0.05) is 25.1 Å². The van der Waals surface area contributed by atoms with Crippen LogP contribution in [0.2, 0.25) is 0 Å². The maximum atomic E-state index is 13.1. The van der Waals surface area contributed by atoms with Gasteiger partial charge in [0.25, 0.3) is 15.9 Å². The Kier molecular flexibility index (Phi) is 6.31. The molecule has 1 aliphatic rings. The molecule has 1 unspecified atom stereocenters. The zero-order valence-electron chi connectivity index (χ0n) is 19.7. The van der Waals surface area contributed by atoms with Gasteiger partial charge >= 0.3 is 0 Å². The van der Waals surface area contributed by atoms with Crippen molar-refractivity contribution >= 4 is 33.3 Å². The molecular weight excluding hydrogens is 450 g/mol. The summed E-state index contributed by atoms with van der Waals surface area (Å²) in [6.07, 6.45) is 2.58. The van der Waals surface area contributed by atoms with Gasteiger partial charge in [-0.05, 0) is 75.1 Å². The number of nitrogens with one attached hydrogen (secondary N) is 2. The van der Waals surface area contributed by atoms with Crippen molar-refractivity contribution < 1.29 is 13.2 Å². The first kappa shape index (κ1) is 23.7. The first-order valence-electron chi connectivity index (χ1n) is 11.2. The first-order chi connectivity index (χ1) is 16.1. The van der Waals surface area contributed by atoms with Gasteiger partial charge < -0.3 is 10.2 Å². The highest BCUT2D eigenvalue weighted by molar-refractivity contribution is 7.90. The summed E-state index contributed by atoms with van der Waals surface area (Å²) in [5.74, 6) is 0.502. The van der Waals surface area contributed by atoms with Crippen LogP contribution in [0.3, 0.4) is 0 Å². The molecule has 1 aliphatic heterocycles. The monoisotopic (exact) mass is 479 g/mol. The number of aromatic nitrogens is 2. The Morgan fingerprint density at radius 2 is 1.88 bits per heavy atom. The average Bonchev–Trinajstić information content (AvgIpc) is 3.06. The number of amides is 1. The van der Waals surface area contributed by atoms with Crippen molar-refractivity contribution in [2.24, 2.45) is 5.92 Å². The summed E-state index contributed by atoms with van der Waals surface area (Å²) in [5, 5.41) is 2.85. The van der Waals surface area contributed by atoms with Crippen molar-refractivity contribution in [1.82, 2.24) is 14.7 Å². The van der Waals surface area contributed by atoms with Crippen LogP contribution in [0.5, 0.6) is 0 Å². The molecule has 0 aliphatic carbocycles. The molecule has 0 saturated carbocycles. The van der Waals surface area contributed by atoms with Crippen LogP contribution in [0.1, 0.15) is 43.1 Å². The topological polar surface area (TPSA) is 104 Å². The third-order valence-electron chi connectivity index (χ3n) is 6.49. The van der Waals surface area contributed by atoms with Crippen molar-refractivity contribution in [2.45, 2.75) is 44.7 Å². The first-order valence-corrected chi connectivity index (χ1v) is 12.7. The van der Waals surface area contributed by atoms with Gasteiger partial charge in [-0.25, -0.2) is 14.7 Å². The molecule has 3 aromatic rings. The van der Waals surface area contributed by atoms with E-state index in [9.17, 15) is 13.2 Å². The molecule has 0 spiro atoms. The predicted molar refractivity (Wildman–Crippen MR) is 133 cm³/mol. The predicted octanol–water partition coefficient (Wildman–Crippen LogP) is 4.27. The second-order valence-electron chi connectivity index (χ2n) is 9.16. The number of carbonyl (C=O) groups is 1. The number of anilines is 3. The van der Waals surface area contributed by atoms with E-state index in [0.717, 1.165) is 24.2 Å². The fraction of sp³-hybridized carbons (Fsp3) is 0.320. The second kappa shape index (κ2) is 9.06. The minimum Gasteiger partial charge on any atom is -0.351 e. The zero-order chi connectivity index (χ0) is 24.5. The summed E-state index contributed by atoms with van der Waals surface area (Å²) in [6, 6.07) is 15.5. The van der Waals surface area contributed by atoms with Gasteiger partial charge in [0.15, 0.2) is 5.03 Å². The summed E-state index contributed by atoms with van der Waals surface area (Å²) in [6.45, 7) is 9.08. The van der Waals surface area contributed by atoms with E-state index in [4.69, 9.17) is 0 Å². The molecule has 1 saturated heterocycles. The van der Waals surface area contributed by atoms with Crippen LogP contribution in [0.15, 0.2) is 65.8 Å². The number of sulfonamides is 1. The molecule has 2 N–H and O–H groups in total. The lowest BCUT2D eigenvalue weighted by Crippen LogP contribution is -2.43. The van der Waals surface area contributed by atoms with Crippen molar-refractivity contribution in [1.29, 1.82) is 0 Å². The molecule has 1 aromatic carbocycles. The maximum absolute atomic E-state index is 13.1. The molecular formula is C25H29N5O3S. The minimum absolute atomic E-state index is 0.209. The Hall–Kier alpha value is -3.46. The lowest BCUT2D eigenvalue weighted by molar-refractivity contribution is 0.0981. The molecule has 0 radical (unpaired) electrons. The second-order valence-corrected chi connectivity index (χ2v) is 10.8. The lowest BCUT2D eigenvalue weighted by atomic mass is 9.90. The van der Waals surface area contributed by atoms with Crippen LogP contribution in [0.4, 0.5) is 17.3 Å². The Labute approximate surface area is 200 Å². The highest BCUT2D eigenvalue weighted by Crippen LogP contribution is 2.38. The van der Waals surface area contributed by atoms with Crippen LogP contribution < -0.4 is 14.9 Å². The van der Waals surface area contributed by atoms with E-state index in [-0.39, 0.29) is 16.1 Å². The van der Waals surface area contributed by atoms with E-state index in [2.05, 4.69) is 45.7 Å². The van der Waals surface area contributed by atoms with Gasteiger partial charge in [0.1, 0.15) is 11.6 Å². The van der Waals surface area contributed by atoms with Crippen LogP contribution >= 0.6 is 0 Å². The summed E-state index contributed by atoms with van der Waals surface area (Å²) < 4.78 is 28.2. The molecule has 1 atom stereocenters. The molecule has 3 heterocycles. The quantitative estimate of drug-likeness (QED) is 0.544. The highest BCUT2D eigenvalue weighted by Gasteiger charge is 2.40. The number of carbonyl (C=O) groups excluding carboxylic acids is 1. The van der Waals surface area contributed by atoms with E-state index in [1.165, 1.54) is 6.07 Å². The minimum atomic E-state index is -4.21. The summed E-state index contributed by atoms with van der Waals surface area (Å²) in [7, 11) is -4.21. The summed E-state index contributed by atoms with van der Waals surface area (Å²) in [4.78, 5) is 23.8. The van der Waals surface area contributed by atoms with E-state index in [0.29, 0.717) is 17.6 Å². The molecule has 9 heteroatoms. The Morgan fingerprint density at radius 1 is 1.12 bits per heavy atom. The fourth-order valence-electron chi connectivity index (χ4n) is 4.13. The molecule has 1 amide bonds. The van der Waals surface area contributed by atoms with Crippen molar-refractivity contribution in [3.8, 4) is 0 Å². The molecule has 4 rings (SSSR count). The van der Waals surface area contributed by atoms with Gasteiger partial charge in [-0.15, -0.1) is 0 Å². The van der Waals surface area contributed by atoms with Crippen molar-refractivity contribution in [3.05, 3.63) is 71.9 Å². The van der Waals surface area contributed by atoms with Gasteiger partial charge in [0.05, 0.1) is 5.56 Å². The third-order valence-corrected chi connectivity index (χ3v) is 7.72. The van der Waals surface area contributed by atoms with E-state index >= 15 is 0 Å². The molecule has 34 heavy (non-hydrogen) atoms. The fourth-order valence-corrected chi connectivity index (χ4v) is 5.07. The Morgan fingerprint density at radius 3 is 2.59 bits per heavy atom. The molecule has 2 aromatic heterocycles. The van der Waals surface area contributed by atoms with Crippen molar-refractivity contribution in [2.75, 3.05) is 16.8 Å². The van der Waals surface area contributed by atoms with Gasteiger partial charge in [0, 0.05) is 24.0 Å². The smallest absolute Gasteiger partial charge is 0.281 e. The van der Waals surface area contributed by atoms with Crippen LogP contribution in [0, 0.1) is 12.8 Å². The Balaban J connectivity index is 1.58. The lowest BCUT2D eigenvalue weighted by Gasteiger charge is -2.36. The Bertz CT molecular complexity index is 1320. The summed E-state index contributed by atoms with van der Waals surface area (Å²) in [5.41, 5.74) is 1.85. The van der Waals surface area contributed by atoms with E-state index in [1.54, 1.807) is 30.5 Å². The molecule has 0 bridgehead atoms. The van der Waals surface area contributed by atoms with Gasteiger partial charge in [-0.2, -0.15) is 8.42 Å². The SMILES string of the molecule is Cc1cccc(Nc2cccc(S(=O)(=O)NC(=O)c3cccnc3N3CCC(C)C3(C)C)n2)c1. The molecule has 178 valence electrons. The maximum Gasteiger partial charge on any atom is 0.281 e. The number of nitrogens with zero attached hydrogens (tertiary/aromatic N) is 3. The van der Waals surface area contributed by atoms with Crippen LogP contribution in [-0.4, -0.2) is 36.4 Å². The van der Waals surface area contributed by atoms with Gasteiger partial charge in [0.2, 0.25) is 0 Å². The zero-order valence-corrected chi connectivity index (χ0v) is 20.6. The van der Waals surface area contributed by atoms with E-state index < -0.39 is 15.9 Å². The highest BCUT2D eigenvalue weighted by atomic mass is 32.2. The number of aryl methyl sites for hydroxylation is 1. The normalized spacial score (nSPS) is 17.4. The van der Waals surface area contributed by atoms with Crippen LogP contribution in [-0.2, 0) is 10.0 Å². The number of benzene rings is 1. The van der Waals surface area contributed by atoms with Gasteiger partial charge in [-0.3, -0.25) is 4.79 Å². The standard InChI is InChI=1S/C25H29N5O3S/c1-17-8-5-9-19(16-17)27-21-11-6-12-22(28-21)34(32,33)29-24(31)20-10-7-14-26-23(20)30-15-13-18(2)25(30,3)4/h5-12,14,16,18H,13,15H2,1-4H3,(H,27,28)(H,29,31). The summed E-state index contributed by atoms with van der Waals surface area (Å²) >= 11 is 0.